The van der Waals surface area contributed by atoms with E-state index in [0.29, 0.717) is 0 Å². The molecule has 3 N–H and O–H groups in total. The second-order valence-electron chi connectivity index (χ2n) is 0.513. The Kier molecular flexibility index (Phi) is 78.2. The van der Waals surface area contributed by atoms with Crippen molar-refractivity contribution in [2.24, 2.45) is 0 Å². The Morgan fingerprint density at radius 1 is 0.818 bits per heavy atom. The van der Waals surface area contributed by atoms with Crippen molar-refractivity contribution in [1.82, 2.24) is 0 Å². The Bertz CT molecular complexity index is 66.2. The fourth-order valence-electron chi connectivity index (χ4n) is 0. The molecule has 0 spiro atoms. The van der Waals surface area contributed by atoms with Crippen LogP contribution in [-0.4, -0.2) is 133 Å². The zero-order chi connectivity index (χ0) is 6.50. The molecule has 0 aliphatic heterocycles. The Labute approximate surface area is 156 Å². The van der Waals surface area contributed by atoms with Gasteiger partial charge >= 0.3 is 126 Å². The van der Waals surface area contributed by atoms with E-state index >= 15 is 0 Å². The maximum absolute atomic E-state index is 8.88. The van der Waals surface area contributed by atoms with Gasteiger partial charge in [-0.1, -0.05) is 13.8 Å². The summed E-state index contributed by atoms with van der Waals surface area (Å²) in [7, 11) is -4.64. The average Bonchev–Trinajstić information content (AvgIpc) is 1.36. The van der Waals surface area contributed by atoms with E-state index in [4.69, 9.17) is 19.2 Å². The van der Waals surface area contributed by atoms with E-state index in [-0.39, 0.29) is 118 Å². The number of rotatable bonds is 0. The van der Waals surface area contributed by atoms with E-state index < -0.39 is 7.82 Å². The fraction of sp³-hybridized carbons (Fsp3) is 1.00. The summed E-state index contributed by atoms with van der Waals surface area (Å²) in [6.45, 7) is 4.00. The van der Waals surface area contributed by atoms with Gasteiger partial charge in [0, 0.05) is 0 Å². The van der Waals surface area contributed by atoms with E-state index in [1.807, 2.05) is 13.8 Å². The van der Waals surface area contributed by atoms with Crippen LogP contribution in [-0.2, 0) is 4.57 Å². The van der Waals surface area contributed by atoms with Crippen molar-refractivity contribution in [2.45, 2.75) is 13.8 Å². The molecule has 4 nitrogen and oxygen atoms in total. The molecule has 0 atom stereocenters. The van der Waals surface area contributed by atoms with E-state index in [9.17, 15) is 0 Å². The topological polar surface area (TPSA) is 77.8 Å². The van der Waals surface area contributed by atoms with Gasteiger partial charge in [0.2, 0.25) is 0 Å². The van der Waals surface area contributed by atoms with Crippen LogP contribution in [0.1, 0.15) is 13.8 Å². The summed E-state index contributed by atoms with van der Waals surface area (Å²) in [4.78, 5) is 21.6. The summed E-state index contributed by atoms with van der Waals surface area (Å²) in [6.07, 6.45) is 0. The van der Waals surface area contributed by atoms with Crippen LogP contribution in [0, 0.1) is 0 Å². The molecule has 0 rings (SSSR count). The van der Waals surface area contributed by atoms with E-state index in [0.717, 1.165) is 0 Å². The monoisotopic (exact) mass is 224 g/mol. The van der Waals surface area contributed by atoms with Crippen molar-refractivity contribution in [2.75, 3.05) is 0 Å². The van der Waals surface area contributed by atoms with Crippen molar-refractivity contribution >= 4 is 126 Å². The molecule has 0 bridgehead atoms. The van der Waals surface area contributed by atoms with Gasteiger partial charge in [-0.05, 0) is 0 Å². The van der Waals surface area contributed by atoms with Gasteiger partial charge in [-0.25, -0.2) is 4.57 Å². The first kappa shape index (κ1) is 36.2. The Hall–Kier alpha value is 4.11. The molecule has 0 aliphatic rings. The van der Waals surface area contributed by atoms with Gasteiger partial charge < -0.3 is 14.7 Å². The predicted molar refractivity (Wildman–Crippen MR) is 54.2 cm³/mol. The van der Waals surface area contributed by atoms with Gasteiger partial charge in [0.1, 0.15) is 0 Å². The molecule has 11 heavy (non-hydrogen) atoms. The van der Waals surface area contributed by atoms with Crippen LogP contribution >= 0.6 is 7.82 Å². The summed E-state index contributed by atoms with van der Waals surface area (Å²) in [5, 5.41) is 0. The van der Waals surface area contributed by atoms with Gasteiger partial charge in [-0.15, -0.1) is 0 Å². The van der Waals surface area contributed by atoms with Crippen molar-refractivity contribution < 1.29 is 19.2 Å². The quantitative estimate of drug-likeness (QED) is 0.314. The Balaban J connectivity index is -0.00000000972. The van der Waals surface area contributed by atoms with Crippen molar-refractivity contribution in [3.05, 3.63) is 0 Å². The van der Waals surface area contributed by atoms with Gasteiger partial charge in [0.15, 0.2) is 0 Å². The summed E-state index contributed by atoms with van der Waals surface area (Å²) in [6, 6.07) is 0. The van der Waals surface area contributed by atoms with E-state index in [2.05, 4.69) is 0 Å². The van der Waals surface area contributed by atoms with Crippen LogP contribution in [0.25, 0.3) is 0 Å². The zero-order valence-electron chi connectivity index (χ0n) is 4.20. The minimum absolute atomic E-state index is 0. The number of hydrogen-bond donors (Lipinski definition) is 3. The maximum atomic E-state index is 8.88. The predicted octanol–water partition coefficient (Wildman–Crippen LogP) is -2.50. The molecular weight excluding hydrogens is 211 g/mol. The third-order valence-electron chi connectivity index (χ3n) is 0. The van der Waals surface area contributed by atoms with Gasteiger partial charge in [-0.3, -0.25) is 0 Å². The summed E-state index contributed by atoms with van der Waals surface area (Å²) in [5.41, 5.74) is 0. The van der Waals surface area contributed by atoms with E-state index in [1.54, 1.807) is 0 Å². The fourth-order valence-corrected chi connectivity index (χ4v) is 0. The first-order valence-electron chi connectivity index (χ1n) is 1.78. The molecule has 0 fully saturated rings. The van der Waals surface area contributed by atoms with Crippen LogP contribution in [0.15, 0.2) is 0 Å². The zero-order valence-corrected chi connectivity index (χ0v) is 5.09. The molecule has 0 heterocycles. The number of hydrogen-bond acceptors (Lipinski definition) is 1. The first-order valence-corrected chi connectivity index (χ1v) is 3.35. The molecule has 0 saturated carbocycles. The molecule has 9 heteroatoms. The molecule has 0 saturated heterocycles. The Morgan fingerprint density at radius 3 is 0.818 bits per heavy atom. The van der Waals surface area contributed by atoms with Crippen molar-refractivity contribution in [1.29, 1.82) is 0 Å². The van der Waals surface area contributed by atoms with Crippen LogP contribution in [0.3, 0.4) is 0 Å². The molecule has 0 aliphatic carbocycles. The third-order valence-corrected chi connectivity index (χ3v) is 0. The molecule has 0 amide bonds. The minimum atomic E-state index is -4.64. The molecule has 54 valence electrons. The van der Waals surface area contributed by atoms with Crippen LogP contribution in [0.2, 0.25) is 0 Å². The molecule has 0 unspecified atom stereocenters. The van der Waals surface area contributed by atoms with Gasteiger partial charge in [-0.2, -0.15) is 0 Å². The van der Waals surface area contributed by atoms with Gasteiger partial charge in [0.25, 0.3) is 0 Å². The summed E-state index contributed by atoms with van der Waals surface area (Å²) < 4.78 is 8.88. The van der Waals surface area contributed by atoms with Gasteiger partial charge in [0.05, 0.1) is 0 Å². The van der Waals surface area contributed by atoms with Crippen molar-refractivity contribution in [3.8, 4) is 0 Å². The number of phosphoric acid groups is 1. The van der Waals surface area contributed by atoms with Crippen molar-refractivity contribution in [3.63, 3.8) is 0 Å². The SMILES string of the molecule is CC.O=P(O)(O)O.[NaH].[NaH].[NaH].[NaH]. The van der Waals surface area contributed by atoms with Crippen LogP contribution in [0.4, 0.5) is 0 Å². The third kappa shape index (κ3) is 122. The van der Waals surface area contributed by atoms with Crippen LogP contribution in [0.5, 0.6) is 0 Å². The second-order valence-corrected chi connectivity index (χ2v) is 1.54. The standard InChI is InChI=1S/C2H6.4Na.H3O4P.4H/c1-2;;;;;1-5(2,3)4;;;;/h1-2H3;;;;;(H3,1,2,3,4);;;;. The summed E-state index contributed by atoms with van der Waals surface area (Å²) in [5.74, 6) is 0. The second kappa shape index (κ2) is 23.7. The molecule has 0 aromatic heterocycles. The average molecular weight is 224 g/mol. The van der Waals surface area contributed by atoms with E-state index in [1.165, 1.54) is 0 Å². The summed E-state index contributed by atoms with van der Waals surface area (Å²) >= 11 is 0. The molecule has 0 aromatic carbocycles. The Morgan fingerprint density at radius 2 is 0.818 bits per heavy atom. The normalized spacial score (nSPS) is 5.91. The molecule has 0 aromatic rings. The molecule has 0 radical (unpaired) electrons. The first-order chi connectivity index (χ1) is 3.00. The molecular formula is C2H13Na4O4P. The van der Waals surface area contributed by atoms with Crippen LogP contribution < -0.4 is 0 Å².